The highest BCUT2D eigenvalue weighted by atomic mass is 15.2. The van der Waals surface area contributed by atoms with Crippen LogP contribution in [0, 0.1) is 0 Å². The Balaban J connectivity index is 1.81. The summed E-state index contributed by atoms with van der Waals surface area (Å²) in [5, 5.41) is 0. The molecule has 0 aliphatic heterocycles. The Morgan fingerprint density at radius 2 is 1.79 bits per heavy atom. The van der Waals surface area contributed by atoms with Gasteiger partial charge in [-0.25, -0.2) is 0 Å². The Morgan fingerprint density at radius 1 is 1.14 bits per heavy atom. The number of hydrogen-bond donors (Lipinski definition) is 1. The summed E-state index contributed by atoms with van der Waals surface area (Å²) in [7, 11) is 2.26. The Hall–Kier alpha value is -0.0800. The molecule has 0 bridgehead atoms. The van der Waals surface area contributed by atoms with Crippen LogP contribution in [-0.4, -0.2) is 30.1 Å². The van der Waals surface area contributed by atoms with Crippen molar-refractivity contribution in [1.29, 1.82) is 0 Å². The van der Waals surface area contributed by atoms with Gasteiger partial charge >= 0.3 is 0 Å². The number of hydrogen-bond acceptors (Lipinski definition) is 2. The van der Waals surface area contributed by atoms with Crippen LogP contribution < -0.4 is 5.73 Å². The van der Waals surface area contributed by atoms with Gasteiger partial charge in [0.1, 0.15) is 0 Å². The second-order valence-corrected chi connectivity index (χ2v) is 5.42. The van der Waals surface area contributed by atoms with Gasteiger partial charge in [-0.15, -0.1) is 0 Å². The summed E-state index contributed by atoms with van der Waals surface area (Å²) in [6.45, 7) is 1.12. The molecule has 0 aromatic heterocycles. The normalized spacial score (nSPS) is 27.6. The fourth-order valence-corrected chi connectivity index (χ4v) is 2.87. The molecule has 0 unspecified atom stereocenters. The number of rotatable bonds is 3. The van der Waals surface area contributed by atoms with Crippen LogP contribution in [0.4, 0.5) is 0 Å². The lowest BCUT2D eigenvalue weighted by Gasteiger charge is -2.42. The van der Waals surface area contributed by atoms with Gasteiger partial charge in [0.15, 0.2) is 0 Å². The molecule has 2 saturated carbocycles. The largest absolute Gasteiger partial charge is 0.324 e. The smallest absolute Gasteiger partial charge is 0.0283 e. The van der Waals surface area contributed by atoms with E-state index < -0.39 is 0 Å². The third-order valence-electron chi connectivity index (χ3n) is 4.11. The summed E-state index contributed by atoms with van der Waals surface area (Å²) in [5.74, 6) is 0. The van der Waals surface area contributed by atoms with E-state index in [1.165, 1.54) is 51.4 Å². The molecule has 82 valence electrons. The molecule has 0 spiro atoms. The molecule has 2 heteroatoms. The third-order valence-corrected chi connectivity index (χ3v) is 4.11. The van der Waals surface area contributed by atoms with Crippen LogP contribution in [0.2, 0.25) is 0 Å². The molecule has 0 atom stereocenters. The maximum absolute atomic E-state index is 6.43. The highest BCUT2D eigenvalue weighted by molar-refractivity contribution is 4.92. The van der Waals surface area contributed by atoms with E-state index in [0.29, 0.717) is 0 Å². The van der Waals surface area contributed by atoms with Crippen LogP contribution in [0.1, 0.15) is 51.4 Å². The van der Waals surface area contributed by atoms with Crippen molar-refractivity contribution in [2.45, 2.75) is 62.9 Å². The summed E-state index contributed by atoms with van der Waals surface area (Å²) < 4.78 is 0. The van der Waals surface area contributed by atoms with Crippen LogP contribution in [-0.2, 0) is 0 Å². The minimum Gasteiger partial charge on any atom is -0.324 e. The second kappa shape index (κ2) is 4.19. The molecule has 2 aliphatic carbocycles. The van der Waals surface area contributed by atoms with Crippen molar-refractivity contribution in [3.63, 3.8) is 0 Å². The molecular formula is C12H24N2. The zero-order valence-electron chi connectivity index (χ0n) is 9.47. The maximum Gasteiger partial charge on any atom is 0.0283 e. The Bertz CT molecular complexity index is 181. The molecule has 2 N–H and O–H groups in total. The minimum absolute atomic E-state index is 0.141. The second-order valence-electron chi connectivity index (χ2n) is 5.42. The summed E-state index contributed by atoms with van der Waals surface area (Å²) in [5.41, 5.74) is 6.58. The fraction of sp³-hybridized carbons (Fsp3) is 1.00. The van der Waals surface area contributed by atoms with Gasteiger partial charge in [-0.05, 0) is 32.7 Å². The highest BCUT2D eigenvalue weighted by Crippen LogP contribution is 2.30. The average Bonchev–Trinajstić information content (AvgIpc) is 2.00. The van der Waals surface area contributed by atoms with Gasteiger partial charge < -0.3 is 10.6 Å². The van der Waals surface area contributed by atoms with E-state index in [1.807, 2.05) is 0 Å². The van der Waals surface area contributed by atoms with Crippen molar-refractivity contribution in [2.24, 2.45) is 5.73 Å². The van der Waals surface area contributed by atoms with Gasteiger partial charge in [0, 0.05) is 18.1 Å². The van der Waals surface area contributed by atoms with Crippen molar-refractivity contribution in [3.8, 4) is 0 Å². The van der Waals surface area contributed by atoms with Crippen molar-refractivity contribution < 1.29 is 0 Å². The van der Waals surface area contributed by atoms with Gasteiger partial charge in [0.2, 0.25) is 0 Å². The van der Waals surface area contributed by atoms with E-state index in [0.717, 1.165) is 12.6 Å². The molecule has 14 heavy (non-hydrogen) atoms. The first-order valence-corrected chi connectivity index (χ1v) is 6.19. The van der Waals surface area contributed by atoms with E-state index in [2.05, 4.69) is 11.9 Å². The van der Waals surface area contributed by atoms with Gasteiger partial charge in [-0.3, -0.25) is 0 Å². The van der Waals surface area contributed by atoms with Crippen molar-refractivity contribution >= 4 is 0 Å². The van der Waals surface area contributed by atoms with E-state index in [9.17, 15) is 0 Å². The number of likely N-dealkylation sites (N-methyl/N-ethyl adjacent to an activating group) is 1. The molecule has 0 heterocycles. The Kier molecular flexibility index (Phi) is 3.13. The molecule has 0 radical (unpaired) electrons. The predicted octanol–water partition coefficient (Wildman–Crippen LogP) is 2.13. The molecule has 0 saturated heterocycles. The summed E-state index contributed by atoms with van der Waals surface area (Å²) in [6.07, 6.45) is 10.8. The first-order valence-electron chi connectivity index (χ1n) is 6.19. The molecule has 2 nitrogen and oxygen atoms in total. The minimum atomic E-state index is 0.141. The molecular weight excluding hydrogens is 172 g/mol. The third kappa shape index (κ3) is 2.29. The molecule has 0 aromatic rings. The lowest BCUT2D eigenvalue weighted by molar-refractivity contribution is 0.111. The molecule has 2 fully saturated rings. The highest BCUT2D eigenvalue weighted by Gasteiger charge is 2.32. The van der Waals surface area contributed by atoms with E-state index in [4.69, 9.17) is 5.73 Å². The van der Waals surface area contributed by atoms with Gasteiger partial charge in [-0.2, -0.15) is 0 Å². The molecule has 0 amide bonds. The van der Waals surface area contributed by atoms with Crippen molar-refractivity contribution in [3.05, 3.63) is 0 Å². The lowest BCUT2D eigenvalue weighted by Crippen LogP contribution is -2.53. The molecule has 2 rings (SSSR count). The van der Waals surface area contributed by atoms with Crippen LogP contribution in [0.3, 0.4) is 0 Å². The Labute approximate surface area is 87.8 Å². The van der Waals surface area contributed by atoms with Gasteiger partial charge in [-0.1, -0.05) is 25.7 Å². The predicted molar refractivity (Wildman–Crippen MR) is 60.3 cm³/mol. The van der Waals surface area contributed by atoms with E-state index >= 15 is 0 Å². The number of nitrogens with two attached hydrogens (primary N) is 1. The zero-order chi connectivity index (χ0) is 10.0. The van der Waals surface area contributed by atoms with Crippen LogP contribution >= 0.6 is 0 Å². The number of nitrogens with zero attached hydrogens (tertiary/aromatic N) is 1. The van der Waals surface area contributed by atoms with Gasteiger partial charge in [0.05, 0.1) is 0 Å². The monoisotopic (exact) mass is 196 g/mol. The standard InChI is InChI=1S/C12H24N2/c1-14(11-6-5-7-11)10-12(13)8-3-2-4-9-12/h11H,2-10,13H2,1H3. The Morgan fingerprint density at radius 3 is 2.29 bits per heavy atom. The SMILES string of the molecule is CN(CC1(N)CCCCC1)C1CCC1. The van der Waals surface area contributed by atoms with Gasteiger partial charge in [0.25, 0.3) is 0 Å². The molecule has 2 aliphatic rings. The summed E-state index contributed by atoms with van der Waals surface area (Å²) in [6, 6.07) is 0.845. The fourth-order valence-electron chi connectivity index (χ4n) is 2.87. The van der Waals surface area contributed by atoms with Crippen molar-refractivity contribution in [2.75, 3.05) is 13.6 Å². The first-order chi connectivity index (χ1) is 6.70. The topological polar surface area (TPSA) is 29.3 Å². The van der Waals surface area contributed by atoms with Crippen LogP contribution in [0.5, 0.6) is 0 Å². The summed E-state index contributed by atoms with van der Waals surface area (Å²) in [4.78, 5) is 2.51. The van der Waals surface area contributed by atoms with E-state index in [1.54, 1.807) is 0 Å². The lowest BCUT2D eigenvalue weighted by atomic mass is 9.81. The molecule has 0 aromatic carbocycles. The quantitative estimate of drug-likeness (QED) is 0.749. The van der Waals surface area contributed by atoms with E-state index in [-0.39, 0.29) is 5.54 Å². The van der Waals surface area contributed by atoms with Crippen LogP contribution in [0.15, 0.2) is 0 Å². The zero-order valence-corrected chi connectivity index (χ0v) is 9.47. The summed E-state index contributed by atoms with van der Waals surface area (Å²) >= 11 is 0. The average molecular weight is 196 g/mol. The van der Waals surface area contributed by atoms with Crippen LogP contribution in [0.25, 0.3) is 0 Å². The maximum atomic E-state index is 6.43. The first kappa shape index (κ1) is 10.4. The van der Waals surface area contributed by atoms with Crippen molar-refractivity contribution in [1.82, 2.24) is 4.90 Å².